The topological polar surface area (TPSA) is 38.5 Å². The van der Waals surface area contributed by atoms with E-state index in [-0.39, 0.29) is 0 Å². The van der Waals surface area contributed by atoms with E-state index in [1.54, 1.807) is 0 Å². The van der Waals surface area contributed by atoms with Crippen LogP contribution in [0.3, 0.4) is 0 Å². The van der Waals surface area contributed by atoms with Crippen molar-refractivity contribution < 1.29 is 4.74 Å². The average Bonchev–Trinajstić information content (AvgIpc) is 2.55. The van der Waals surface area contributed by atoms with Gasteiger partial charge in [-0.1, -0.05) is 43.3 Å². The Balaban J connectivity index is 1.94. The van der Waals surface area contributed by atoms with Crippen molar-refractivity contribution >= 4 is 5.69 Å². The first kappa shape index (κ1) is 17.4. The summed E-state index contributed by atoms with van der Waals surface area (Å²) >= 11 is 0. The maximum Gasteiger partial charge on any atom is 0.142 e. The van der Waals surface area contributed by atoms with Gasteiger partial charge in [-0.3, -0.25) is 4.90 Å². The van der Waals surface area contributed by atoms with Crippen molar-refractivity contribution in [2.24, 2.45) is 0 Å². The van der Waals surface area contributed by atoms with E-state index in [1.807, 2.05) is 12.1 Å². The van der Waals surface area contributed by atoms with Crippen LogP contribution < -0.4 is 10.5 Å². The predicted octanol–water partition coefficient (Wildman–Crippen LogP) is 4.12. The van der Waals surface area contributed by atoms with E-state index >= 15 is 0 Å². The lowest BCUT2D eigenvalue weighted by Gasteiger charge is -2.25. The number of hydrogen-bond acceptors (Lipinski definition) is 3. The summed E-state index contributed by atoms with van der Waals surface area (Å²) < 4.78 is 5.64. The molecule has 0 fully saturated rings. The fourth-order valence-electron chi connectivity index (χ4n) is 2.59. The zero-order valence-electron chi connectivity index (χ0n) is 14.5. The van der Waals surface area contributed by atoms with Crippen LogP contribution in [0.5, 0.6) is 5.75 Å². The summed E-state index contributed by atoms with van der Waals surface area (Å²) in [6.07, 6.45) is 1.96. The number of likely N-dealkylation sites (N-methyl/N-ethyl adjacent to an activating group) is 1. The lowest BCUT2D eigenvalue weighted by atomic mass is 10.0. The third-order valence-electron chi connectivity index (χ3n) is 4.09. The van der Waals surface area contributed by atoms with Crippen molar-refractivity contribution in [3.05, 3.63) is 59.7 Å². The van der Waals surface area contributed by atoms with Crippen molar-refractivity contribution in [2.75, 3.05) is 19.4 Å². The maximum atomic E-state index is 6.10. The highest BCUT2D eigenvalue weighted by molar-refractivity contribution is 5.54. The Morgan fingerprint density at radius 3 is 2.48 bits per heavy atom. The molecule has 2 N–H and O–H groups in total. The molecule has 2 aromatic carbocycles. The molecule has 23 heavy (non-hydrogen) atoms. The summed E-state index contributed by atoms with van der Waals surface area (Å²) in [5.74, 6) is 0.792. The van der Waals surface area contributed by atoms with Gasteiger partial charge in [0.25, 0.3) is 0 Å². The summed E-state index contributed by atoms with van der Waals surface area (Å²) in [4.78, 5) is 2.37. The van der Waals surface area contributed by atoms with Gasteiger partial charge < -0.3 is 10.5 Å². The molecule has 0 saturated heterocycles. The SMILES string of the molecule is CCCOc1ccc(CC(C)N(C)Cc2ccccc2)cc1N. The molecule has 0 radical (unpaired) electrons. The van der Waals surface area contributed by atoms with Gasteiger partial charge in [-0.25, -0.2) is 0 Å². The minimum absolute atomic E-state index is 0.442. The fourth-order valence-corrected chi connectivity index (χ4v) is 2.59. The first-order valence-electron chi connectivity index (χ1n) is 8.35. The summed E-state index contributed by atoms with van der Waals surface area (Å²) in [6.45, 7) is 6.00. The summed E-state index contributed by atoms with van der Waals surface area (Å²) in [5.41, 5.74) is 9.42. The van der Waals surface area contributed by atoms with E-state index in [9.17, 15) is 0 Å². The average molecular weight is 312 g/mol. The van der Waals surface area contributed by atoms with Crippen molar-refractivity contribution in [1.29, 1.82) is 0 Å². The number of anilines is 1. The largest absolute Gasteiger partial charge is 0.491 e. The van der Waals surface area contributed by atoms with Gasteiger partial charge in [0.1, 0.15) is 5.75 Å². The Bertz CT molecular complexity index is 598. The van der Waals surface area contributed by atoms with Crippen LogP contribution in [-0.4, -0.2) is 24.6 Å². The van der Waals surface area contributed by atoms with Gasteiger partial charge in [-0.05, 0) is 50.1 Å². The summed E-state index contributed by atoms with van der Waals surface area (Å²) in [6, 6.07) is 17.2. The van der Waals surface area contributed by atoms with Crippen molar-refractivity contribution in [1.82, 2.24) is 4.90 Å². The molecule has 0 aliphatic heterocycles. The molecule has 1 atom stereocenters. The summed E-state index contributed by atoms with van der Waals surface area (Å²) in [7, 11) is 2.17. The van der Waals surface area contributed by atoms with Crippen LogP contribution in [0.4, 0.5) is 5.69 Å². The van der Waals surface area contributed by atoms with Gasteiger partial charge in [-0.2, -0.15) is 0 Å². The van der Waals surface area contributed by atoms with E-state index < -0.39 is 0 Å². The molecule has 0 saturated carbocycles. The molecule has 2 rings (SSSR count). The van der Waals surface area contributed by atoms with E-state index in [4.69, 9.17) is 10.5 Å². The first-order chi connectivity index (χ1) is 11.1. The molecule has 0 aliphatic carbocycles. The highest BCUT2D eigenvalue weighted by Crippen LogP contribution is 2.24. The standard InChI is InChI=1S/C20H28N2O/c1-4-12-23-20-11-10-18(14-19(20)21)13-16(2)22(3)15-17-8-6-5-7-9-17/h5-11,14,16H,4,12-13,15,21H2,1-3H3. The molecule has 1 unspecified atom stereocenters. The van der Waals surface area contributed by atoms with Crippen LogP contribution in [0.1, 0.15) is 31.4 Å². The molecular weight excluding hydrogens is 284 g/mol. The van der Waals surface area contributed by atoms with Crippen molar-refractivity contribution in [2.45, 2.75) is 39.3 Å². The maximum absolute atomic E-state index is 6.10. The van der Waals surface area contributed by atoms with Gasteiger partial charge >= 0.3 is 0 Å². The highest BCUT2D eigenvalue weighted by atomic mass is 16.5. The van der Waals surface area contributed by atoms with Gasteiger partial charge in [0.15, 0.2) is 0 Å². The van der Waals surface area contributed by atoms with Crippen LogP contribution in [-0.2, 0) is 13.0 Å². The van der Waals surface area contributed by atoms with Crippen LogP contribution in [0.25, 0.3) is 0 Å². The smallest absolute Gasteiger partial charge is 0.142 e. The highest BCUT2D eigenvalue weighted by Gasteiger charge is 2.11. The molecule has 0 amide bonds. The molecule has 0 spiro atoms. The number of hydrogen-bond donors (Lipinski definition) is 1. The Hall–Kier alpha value is -2.00. The van der Waals surface area contributed by atoms with Gasteiger partial charge in [0, 0.05) is 12.6 Å². The minimum atomic E-state index is 0.442. The molecule has 3 nitrogen and oxygen atoms in total. The van der Waals surface area contributed by atoms with Crippen molar-refractivity contribution in [3.8, 4) is 5.75 Å². The third-order valence-corrected chi connectivity index (χ3v) is 4.09. The quantitative estimate of drug-likeness (QED) is 0.745. The molecule has 2 aromatic rings. The van der Waals surface area contributed by atoms with Crippen LogP contribution in [0.15, 0.2) is 48.5 Å². The number of nitrogens with two attached hydrogens (primary N) is 1. The second-order valence-corrected chi connectivity index (χ2v) is 6.17. The van der Waals surface area contributed by atoms with Crippen LogP contribution in [0, 0.1) is 0 Å². The monoisotopic (exact) mass is 312 g/mol. The molecule has 3 heteroatoms. The fraction of sp³-hybridized carbons (Fsp3) is 0.400. The molecule has 0 heterocycles. The Kier molecular flexibility index (Phi) is 6.48. The zero-order chi connectivity index (χ0) is 16.7. The third kappa shape index (κ3) is 5.29. The molecular formula is C20H28N2O. The zero-order valence-corrected chi connectivity index (χ0v) is 14.5. The number of rotatable bonds is 8. The van der Waals surface area contributed by atoms with E-state index in [0.717, 1.165) is 30.8 Å². The van der Waals surface area contributed by atoms with Gasteiger partial charge in [0.05, 0.1) is 12.3 Å². The predicted molar refractivity (Wildman–Crippen MR) is 97.7 cm³/mol. The normalized spacial score (nSPS) is 12.3. The number of ether oxygens (including phenoxy) is 1. The number of nitrogens with zero attached hydrogens (tertiary/aromatic N) is 1. The molecule has 0 bridgehead atoms. The Labute approximate surface area is 140 Å². The molecule has 0 aliphatic rings. The van der Waals surface area contributed by atoms with Crippen molar-refractivity contribution in [3.63, 3.8) is 0 Å². The van der Waals surface area contributed by atoms with Crippen LogP contribution in [0.2, 0.25) is 0 Å². The number of nitrogen functional groups attached to an aromatic ring is 1. The number of benzene rings is 2. The summed E-state index contributed by atoms with van der Waals surface area (Å²) in [5, 5.41) is 0. The second-order valence-electron chi connectivity index (χ2n) is 6.17. The Morgan fingerprint density at radius 1 is 1.09 bits per heavy atom. The van der Waals surface area contributed by atoms with E-state index in [0.29, 0.717) is 12.6 Å². The van der Waals surface area contributed by atoms with Crippen LogP contribution >= 0.6 is 0 Å². The Morgan fingerprint density at radius 2 is 1.83 bits per heavy atom. The van der Waals surface area contributed by atoms with Gasteiger partial charge in [0.2, 0.25) is 0 Å². The first-order valence-corrected chi connectivity index (χ1v) is 8.35. The molecule has 124 valence electrons. The van der Waals surface area contributed by atoms with E-state index in [2.05, 4.69) is 62.2 Å². The molecule has 0 aromatic heterocycles. The lowest BCUT2D eigenvalue weighted by molar-refractivity contribution is 0.248. The van der Waals surface area contributed by atoms with Gasteiger partial charge in [-0.15, -0.1) is 0 Å². The lowest BCUT2D eigenvalue weighted by Crippen LogP contribution is -2.30. The minimum Gasteiger partial charge on any atom is -0.491 e. The van der Waals surface area contributed by atoms with E-state index in [1.165, 1.54) is 11.1 Å². The second kappa shape index (κ2) is 8.59.